The smallest absolute Gasteiger partial charge is 0.329 e. The Labute approximate surface area is 316 Å². The van der Waals surface area contributed by atoms with E-state index >= 15 is 0 Å². The van der Waals surface area contributed by atoms with Crippen LogP contribution in [0.25, 0.3) is 0 Å². The molecule has 0 spiro atoms. The molecule has 3 aliphatic heterocycles. The molecule has 4 aliphatic rings. The molecule has 0 aromatic rings. The number of allylic oxidation sites excluding steroid dienone is 3. The molecule has 14 atom stereocenters. The maximum atomic E-state index is 14.2. The van der Waals surface area contributed by atoms with Crippen molar-refractivity contribution >= 4 is 23.4 Å². The predicted molar refractivity (Wildman–Crippen MR) is 200 cm³/mol. The van der Waals surface area contributed by atoms with Crippen LogP contribution in [0.5, 0.6) is 0 Å². The minimum atomic E-state index is -2.34. The Hall–Kier alpha value is -2.44. The first-order chi connectivity index (χ1) is 24.9. The Kier molecular flexibility index (Phi) is 15.1. The van der Waals surface area contributed by atoms with E-state index in [9.17, 15) is 34.5 Å². The van der Waals surface area contributed by atoms with E-state index in [1.807, 2.05) is 46.8 Å². The second-order valence-corrected chi connectivity index (χ2v) is 17.3. The van der Waals surface area contributed by atoms with Crippen molar-refractivity contribution in [2.45, 2.75) is 162 Å². The fourth-order valence-electron chi connectivity index (χ4n) is 9.55. The van der Waals surface area contributed by atoms with E-state index in [0.29, 0.717) is 44.1 Å². The van der Waals surface area contributed by atoms with Crippen LogP contribution in [0.2, 0.25) is 0 Å². The van der Waals surface area contributed by atoms with Crippen LogP contribution in [0.4, 0.5) is 0 Å². The van der Waals surface area contributed by atoms with Gasteiger partial charge >= 0.3 is 5.97 Å². The van der Waals surface area contributed by atoms with Crippen molar-refractivity contribution in [3.05, 3.63) is 23.3 Å². The van der Waals surface area contributed by atoms with E-state index in [4.69, 9.17) is 14.2 Å². The number of aliphatic hydroxyl groups excluding tert-OH is 2. The number of fused-ring (bicyclic) bond motifs is 3. The quantitative estimate of drug-likeness (QED) is 0.196. The van der Waals surface area contributed by atoms with Gasteiger partial charge in [0.25, 0.3) is 11.7 Å². The highest BCUT2D eigenvalue weighted by molar-refractivity contribution is 6.39. The lowest BCUT2D eigenvalue weighted by molar-refractivity contribution is -0.282. The Morgan fingerprint density at radius 3 is 2.28 bits per heavy atom. The van der Waals surface area contributed by atoms with Gasteiger partial charge in [0.1, 0.15) is 17.9 Å². The number of hydrogen-bond donors (Lipinski definition) is 3. The third-order valence-electron chi connectivity index (χ3n) is 12.7. The summed E-state index contributed by atoms with van der Waals surface area (Å²) in [5.74, 6) is -6.74. The molecule has 3 heterocycles. The number of Topliss-reactive ketones (excluding diaryl/α,β-unsaturated/α-hetero) is 2. The van der Waals surface area contributed by atoms with E-state index in [0.717, 1.165) is 18.4 Å². The lowest BCUT2D eigenvalue weighted by Crippen LogP contribution is -2.62. The average Bonchev–Trinajstić information content (AvgIpc) is 3.11. The first-order valence-electron chi connectivity index (χ1n) is 20.1. The molecule has 1 amide bonds. The van der Waals surface area contributed by atoms with E-state index in [1.54, 1.807) is 21.0 Å². The molecule has 7 unspecified atom stereocenters. The largest absolute Gasteiger partial charge is 0.456 e. The van der Waals surface area contributed by atoms with Crippen molar-refractivity contribution in [1.29, 1.82) is 0 Å². The number of rotatable bonds is 3. The number of esters is 1. The van der Waals surface area contributed by atoms with Gasteiger partial charge in [0, 0.05) is 37.8 Å². The molecule has 3 fully saturated rings. The summed E-state index contributed by atoms with van der Waals surface area (Å²) in [5.41, 5.74) is 1.74. The van der Waals surface area contributed by atoms with Crippen molar-refractivity contribution in [3.8, 4) is 0 Å². The van der Waals surface area contributed by atoms with Gasteiger partial charge in [-0.15, -0.1) is 0 Å². The minimum absolute atomic E-state index is 0.0200. The lowest BCUT2D eigenvalue weighted by atomic mass is 9.76. The number of piperidine rings is 1. The van der Waals surface area contributed by atoms with Gasteiger partial charge in [-0.1, -0.05) is 59.3 Å². The first-order valence-corrected chi connectivity index (χ1v) is 20.1. The molecule has 0 radical (unpaired) electrons. The van der Waals surface area contributed by atoms with E-state index < -0.39 is 71.7 Å². The molecular formula is C42H67NO10. The molecule has 0 aromatic carbocycles. The lowest BCUT2D eigenvalue weighted by Gasteiger charge is -2.46. The van der Waals surface area contributed by atoms with Gasteiger partial charge in [-0.2, -0.15) is 0 Å². The van der Waals surface area contributed by atoms with Gasteiger partial charge in [-0.25, -0.2) is 4.79 Å². The summed E-state index contributed by atoms with van der Waals surface area (Å²) in [6.45, 7) is 15.5. The van der Waals surface area contributed by atoms with Crippen molar-refractivity contribution < 1.29 is 48.7 Å². The number of methoxy groups -OCH3 is 1. The molecule has 4 rings (SSSR count). The molecule has 53 heavy (non-hydrogen) atoms. The molecule has 300 valence electrons. The SMILES string of the molecule is COC1C[C@H](/C=C(\C)C2OC(=O)C3CCCCN3C(=O)C(=O)C3(O)OC([C@@H](C)C[C@@H](C)C/C(C)=C/[C@@H](C)C(=O)CC(O)[C@H]2C)[C@@H](C)C[C@H]3C)CCC1O. The van der Waals surface area contributed by atoms with E-state index in [-0.39, 0.29) is 54.9 Å². The van der Waals surface area contributed by atoms with Gasteiger partial charge in [-0.05, 0) is 101 Å². The number of ketones is 2. The Bertz CT molecular complexity index is 1380. The predicted octanol–water partition coefficient (Wildman–Crippen LogP) is 5.33. The molecule has 1 saturated carbocycles. The summed E-state index contributed by atoms with van der Waals surface area (Å²) in [4.78, 5) is 57.1. The second-order valence-electron chi connectivity index (χ2n) is 17.3. The van der Waals surface area contributed by atoms with Gasteiger partial charge in [0.2, 0.25) is 5.79 Å². The normalized spacial score (nSPS) is 43.2. The second kappa shape index (κ2) is 18.5. The number of nitrogens with zero attached hydrogens (tertiary/aromatic N) is 1. The van der Waals surface area contributed by atoms with Crippen LogP contribution in [0, 0.1) is 41.4 Å². The summed E-state index contributed by atoms with van der Waals surface area (Å²) in [6.07, 6.45) is 5.65. The van der Waals surface area contributed by atoms with Crippen LogP contribution in [0.3, 0.4) is 0 Å². The van der Waals surface area contributed by atoms with Crippen molar-refractivity contribution in [2.24, 2.45) is 41.4 Å². The zero-order chi connectivity index (χ0) is 39.4. The summed E-state index contributed by atoms with van der Waals surface area (Å²) in [5, 5.41) is 33.8. The van der Waals surface area contributed by atoms with Crippen molar-refractivity contribution in [3.63, 3.8) is 0 Å². The van der Waals surface area contributed by atoms with Crippen LogP contribution >= 0.6 is 0 Å². The number of aliphatic hydroxyl groups is 3. The third-order valence-corrected chi connectivity index (χ3v) is 12.7. The summed E-state index contributed by atoms with van der Waals surface area (Å²) < 4.78 is 18.0. The maximum absolute atomic E-state index is 14.2. The number of amides is 1. The van der Waals surface area contributed by atoms with Gasteiger partial charge in [0.15, 0.2) is 0 Å². The van der Waals surface area contributed by atoms with Gasteiger partial charge in [-0.3, -0.25) is 14.4 Å². The van der Waals surface area contributed by atoms with Crippen LogP contribution in [-0.2, 0) is 33.4 Å². The topological polar surface area (TPSA) is 160 Å². The first kappa shape index (κ1) is 43.3. The van der Waals surface area contributed by atoms with Crippen molar-refractivity contribution in [2.75, 3.05) is 13.7 Å². The molecular weight excluding hydrogens is 678 g/mol. The summed E-state index contributed by atoms with van der Waals surface area (Å²) >= 11 is 0. The highest BCUT2D eigenvalue weighted by Crippen LogP contribution is 2.41. The fraction of sp³-hybridized carbons (Fsp3) is 0.810. The minimum Gasteiger partial charge on any atom is -0.456 e. The third kappa shape index (κ3) is 10.3. The molecule has 2 saturated heterocycles. The molecule has 3 N–H and O–H groups in total. The number of hydrogen-bond acceptors (Lipinski definition) is 10. The Balaban J connectivity index is 1.72. The zero-order valence-corrected chi connectivity index (χ0v) is 33.6. The van der Waals surface area contributed by atoms with Crippen LogP contribution in [0.15, 0.2) is 23.3 Å². The van der Waals surface area contributed by atoms with Crippen LogP contribution in [0.1, 0.15) is 120 Å². The maximum Gasteiger partial charge on any atom is 0.329 e. The van der Waals surface area contributed by atoms with Crippen molar-refractivity contribution in [1.82, 2.24) is 4.90 Å². The number of ether oxygens (including phenoxy) is 3. The molecule has 0 aromatic heterocycles. The van der Waals surface area contributed by atoms with E-state index in [1.165, 1.54) is 4.90 Å². The standard InChI is InChI=1S/C42H67NO10/c1-23-16-24(2)18-26(4)37-27(5)19-29(7)42(50,53-37)39(47)40(48)43-15-11-10-12-32(43)41(49)52-38(30(8)35(46)22-34(45)25(3)17-23)28(6)20-31-13-14-33(44)36(21-31)51-9/h17,20,24-27,29-33,35-38,44,46,50H,10-16,18-19,21-22H2,1-9H3/b23-17+,28-20+/t24-,25+,26-,27-,29+,30+,31-,32?,33?,35?,36?,37?,38?,42?/m0/s1. The number of carbonyl (C=O) groups excluding carboxylic acids is 4. The molecule has 2 bridgehead atoms. The fourth-order valence-corrected chi connectivity index (χ4v) is 9.55. The monoisotopic (exact) mass is 745 g/mol. The van der Waals surface area contributed by atoms with Gasteiger partial charge in [0.05, 0.1) is 24.4 Å². The summed E-state index contributed by atoms with van der Waals surface area (Å²) in [6, 6.07) is -1.08. The number of carbonyl (C=O) groups is 4. The summed E-state index contributed by atoms with van der Waals surface area (Å²) in [7, 11) is 1.57. The zero-order valence-electron chi connectivity index (χ0n) is 33.6. The average molecular weight is 746 g/mol. The highest BCUT2D eigenvalue weighted by Gasteiger charge is 2.55. The Morgan fingerprint density at radius 2 is 1.60 bits per heavy atom. The van der Waals surface area contributed by atoms with Gasteiger partial charge < -0.3 is 34.4 Å². The molecule has 11 heteroatoms. The molecule has 11 nitrogen and oxygen atoms in total. The number of cyclic esters (lactones) is 1. The highest BCUT2D eigenvalue weighted by atomic mass is 16.6. The van der Waals surface area contributed by atoms with E-state index in [2.05, 4.69) is 6.92 Å². The Morgan fingerprint density at radius 1 is 0.925 bits per heavy atom. The molecule has 1 aliphatic carbocycles. The van der Waals surface area contributed by atoms with Crippen LogP contribution in [-0.4, -0.2) is 99.7 Å². The van der Waals surface area contributed by atoms with Crippen LogP contribution < -0.4 is 0 Å².